The Labute approximate surface area is 192 Å². The average molecular weight is 548 g/mol. The number of hydrogen-bond donors (Lipinski definition) is 3. The van der Waals surface area contributed by atoms with Gasteiger partial charge in [0.25, 0.3) is 0 Å². The van der Waals surface area contributed by atoms with Crippen LogP contribution in [-0.4, -0.2) is 96.3 Å². The highest BCUT2D eigenvalue weighted by Crippen LogP contribution is 2.11. The molecule has 29 heavy (non-hydrogen) atoms. The summed E-state index contributed by atoms with van der Waals surface area (Å²) in [6.07, 6.45) is 3.07. The van der Waals surface area contributed by atoms with Crippen molar-refractivity contribution < 1.29 is 17.9 Å². The first-order valence-corrected chi connectivity index (χ1v) is 12.1. The minimum absolute atomic E-state index is 0. The van der Waals surface area contributed by atoms with Crippen molar-refractivity contribution in [3.8, 4) is 0 Å². The van der Waals surface area contributed by atoms with Gasteiger partial charge in [0.2, 0.25) is 10.0 Å². The Morgan fingerprint density at radius 1 is 1.21 bits per heavy atom. The molecule has 0 saturated carbocycles. The van der Waals surface area contributed by atoms with Crippen LogP contribution in [0.4, 0.5) is 0 Å². The number of guanidine groups is 1. The molecule has 0 aromatic heterocycles. The molecule has 0 aromatic rings. The van der Waals surface area contributed by atoms with E-state index < -0.39 is 10.0 Å². The number of rotatable bonds is 10. The third kappa shape index (κ3) is 11.1. The van der Waals surface area contributed by atoms with Gasteiger partial charge in [-0.1, -0.05) is 0 Å². The topological polar surface area (TPSA) is 104 Å². The summed E-state index contributed by atoms with van der Waals surface area (Å²) >= 11 is 0. The summed E-state index contributed by atoms with van der Waals surface area (Å²) in [5.41, 5.74) is 0. The van der Waals surface area contributed by atoms with Crippen molar-refractivity contribution in [1.82, 2.24) is 20.3 Å². The molecule has 2 aliphatic rings. The summed E-state index contributed by atoms with van der Waals surface area (Å²) in [6.45, 7) is 10.3. The summed E-state index contributed by atoms with van der Waals surface area (Å²) in [5, 5.41) is 6.29. The van der Waals surface area contributed by atoms with Gasteiger partial charge >= 0.3 is 0 Å². The zero-order valence-electron chi connectivity index (χ0n) is 17.7. The molecule has 0 aliphatic carbocycles. The highest BCUT2D eigenvalue weighted by molar-refractivity contribution is 14.0. The van der Waals surface area contributed by atoms with Gasteiger partial charge in [-0.05, 0) is 33.1 Å². The number of ether oxygens (including phenoxy) is 2. The van der Waals surface area contributed by atoms with E-state index in [-0.39, 0.29) is 35.8 Å². The molecule has 0 radical (unpaired) electrons. The van der Waals surface area contributed by atoms with Crippen LogP contribution in [0.25, 0.3) is 0 Å². The SMILES string of the molecule is CCNC(=NCC(C)N1CCOCC1)NCCS(=O)(=O)NCC1CCCCO1.I. The number of nitrogens with one attached hydrogen (secondary N) is 3. The van der Waals surface area contributed by atoms with Crippen molar-refractivity contribution in [3.63, 3.8) is 0 Å². The fourth-order valence-electron chi connectivity index (χ4n) is 3.26. The second-order valence-corrected chi connectivity index (χ2v) is 9.23. The van der Waals surface area contributed by atoms with Crippen LogP contribution in [0.3, 0.4) is 0 Å². The highest BCUT2D eigenvalue weighted by atomic mass is 127. The van der Waals surface area contributed by atoms with Crippen molar-refractivity contribution in [1.29, 1.82) is 0 Å². The Hall–Kier alpha value is -0.210. The maximum Gasteiger partial charge on any atom is 0.213 e. The first-order chi connectivity index (χ1) is 13.5. The molecular formula is C18H38IN5O4S. The number of hydrogen-bond acceptors (Lipinski definition) is 6. The van der Waals surface area contributed by atoms with Gasteiger partial charge in [-0.3, -0.25) is 9.89 Å². The van der Waals surface area contributed by atoms with Gasteiger partial charge in [0.15, 0.2) is 5.96 Å². The fourth-order valence-corrected chi connectivity index (χ4v) is 4.22. The first kappa shape index (κ1) is 26.8. The predicted octanol–water partition coefficient (Wildman–Crippen LogP) is 0.369. The number of sulfonamides is 1. The number of halogens is 1. The molecule has 2 saturated heterocycles. The molecule has 2 atom stereocenters. The maximum absolute atomic E-state index is 12.2. The molecule has 172 valence electrons. The Bertz CT molecular complexity index is 567. The van der Waals surface area contributed by atoms with Crippen molar-refractivity contribution in [2.24, 2.45) is 4.99 Å². The zero-order valence-corrected chi connectivity index (χ0v) is 20.8. The molecule has 0 aromatic carbocycles. The molecule has 2 aliphatic heterocycles. The van der Waals surface area contributed by atoms with Gasteiger partial charge in [-0.25, -0.2) is 13.1 Å². The van der Waals surface area contributed by atoms with Gasteiger partial charge in [0.1, 0.15) is 0 Å². The fraction of sp³-hybridized carbons (Fsp3) is 0.944. The lowest BCUT2D eigenvalue weighted by atomic mass is 10.1. The van der Waals surface area contributed by atoms with E-state index in [9.17, 15) is 8.42 Å². The summed E-state index contributed by atoms with van der Waals surface area (Å²) in [4.78, 5) is 6.96. The van der Waals surface area contributed by atoms with Crippen molar-refractivity contribution >= 4 is 40.0 Å². The summed E-state index contributed by atoms with van der Waals surface area (Å²) < 4.78 is 38.0. The predicted molar refractivity (Wildman–Crippen MR) is 127 cm³/mol. The Kier molecular flexibility index (Phi) is 13.6. The number of nitrogens with zero attached hydrogens (tertiary/aromatic N) is 2. The molecule has 0 amide bonds. The molecule has 2 rings (SSSR count). The average Bonchev–Trinajstić information content (AvgIpc) is 2.71. The molecule has 11 heteroatoms. The normalized spacial score (nSPS) is 22.6. The lowest BCUT2D eigenvalue weighted by Gasteiger charge is -2.31. The van der Waals surface area contributed by atoms with Crippen LogP contribution in [0.15, 0.2) is 4.99 Å². The second kappa shape index (κ2) is 14.7. The summed E-state index contributed by atoms with van der Waals surface area (Å²) in [7, 11) is -3.34. The minimum atomic E-state index is -3.34. The van der Waals surface area contributed by atoms with E-state index in [0.717, 1.165) is 58.7 Å². The van der Waals surface area contributed by atoms with E-state index in [2.05, 4.69) is 32.2 Å². The van der Waals surface area contributed by atoms with Crippen LogP contribution < -0.4 is 15.4 Å². The van der Waals surface area contributed by atoms with Crippen LogP contribution >= 0.6 is 24.0 Å². The lowest BCUT2D eigenvalue weighted by Crippen LogP contribution is -2.45. The van der Waals surface area contributed by atoms with E-state index in [1.54, 1.807) is 0 Å². The van der Waals surface area contributed by atoms with E-state index in [1.165, 1.54) is 0 Å². The number of morpholine rings is 1. The quantitative estimate of drug-likeness (QED) is 0.206. The Morgan fingerprint density at radius 2 is 1.97 bits per heavy atom. The lowest BCUT2D eigenvalue weighted by molar-refractivity contribution is 0.0200. The second-order valence-electron chi connectivity index (χ2n) is 7.30. The molecule has 0 spiro atoms. The maximum atomic E-state index is 12.2. The largest absolute Gasteiger partial charge is 0.379 e. The van der Waals surface area contributed by atoms with Gasteiger partial charge in [0, 0.05) is 45.4 Å². The Morgan fingerprint density at radius 3 is 2.62 bits per heavy atom. The van der Waals surface area contributed by atoms with E-state index in [0.29, 0.717) is 31.6 Å². The van der Waals surface area contributed by atoms with Gasteiger partial charge in [-0.15, -0.1) is 24.0 Å². The van der Waals surface area contributed by atoms with E-state index >= 15 is 0 Å². The highest BCUT2D eigenvalue weighted by Gasteiger charge is 2.18. The minimum Gasteiger partial charge on any atom is -0.379 e. The van der Waals surface area contributed by atoms with Crippen LogP contribution in [0, 0.1) is 0 Å². The van der Waals surface area contributed by atoms with Crippen LogP contribution in [0.5, 0.6) is 0 Å². The van der Waals surface area contributed by atoms with Crippen LogP contribution in [-0.2, 0) is 19.5 Å². The summed E-state index contributed by atoms with van der Waals surface area (Å²) in [5.74, 6) is 0.650. The smallest absolute Gasteiger partial charge is 0.213 e. The molecule has 2 unspecified atom stereocenters. The molecule has 2 fully saturated rings. The van der Waals surface area contributed by atoms with E-state index in [4.69, 9.17) is 9.47 Å². The van der Waals surface area contributed by atoms with Gasteiger partial charge in [0.05, 0.1) is 31.6 Å². The summed E-state index contributed by atoms with van der Waals surface area (Å²) in [6, 6.07) is 0.320. The van der Waals surface area contributed by atoms with E-state index in [1.807, 2.05) is 6.92 Å². The van der Waals surface area contributed by atoms with Crippen LogP contribution in [0.1, 0.15) is 33.1 Å². The van der Waals surface area contributed by atoms with Crippen molar-refractivity contribution in [3.05, 3.63) is 0 Å². The van der Waals surface area contributed by atoms with Crippen molar-refractivity contribution in [2.75, 3.05) is 64.8 Å². The van der Waals surface area contributed by atoms with Gasteiger partial charge in [-0.2, -0.15) is 0 Å². The molecule has 9 nitrogen and oxygen atoms in total. The Balaban J connectivity index is 0.00000420. The van der Waals surface area contributed by atoms with Gasteiger partial charge < -0.3 is 20.1 Å². The molecule has 0 bridgehead atoms. The standard InChI is InChI=1S/C18H37N5O4S.HI/c1-3-19-18(21-14-16(2)23-8-11-26-12-9-23)20-7-13-28(24,25)22-15-17-6-4-5-10-27-17;/h16-17,22H,3-15H2,1-2H3,(H2,19,20,21);1H. The first-order valence-electron chi connectivity index (χ1n) is 10.4. The third-order valence-electron chi connectivity index (χ3n) is 5.00. The molecular weight excluding hydrogens is 509 g/mol. The number of aliphatic imine (C=N–C) groups is 1. The zero-order chi connectivity index (χ0) is 20.2. The monoisotopic (exact) mass is 547 g/mol. The molecule has 3 N–H and O–H groups in total. The van der Waals surface area contributed by atoms with Crippen molar-refractivity contribution in [2.45, 2.75) is 45.3 Å². The molecule has 2 heterocycles. The van der Waals surface area contributed by atoms with Crippen LogP contribution in [0.2, 0.25) is 0 Å². The third-order valence-corrected chi connectivity index (χ3v) is 6.34.